The quantitative estimate of drug-likeness (QED) is 0.581. The highest BCUT2D eigenvalue weighted by molar-refractivity contribution is 5.72. The molecule has 11 heavy (non-hydrogen) atoms. The topological polar surface area (TPSA) is 41.6 Å². The fourth-order valence-corrected chi connectivity index (χ4v) is 0.288. The van der Waals surface area contributed by atoms with Gasteiger partial charge in [0.25, 0.3) is 0 Å². The number of carbonyl (C=O) groups excluding carboxylic acids is 1. The first-order chi connectivity index (χ1) is 4.83. The summed E-state index contributed by atoms with van der Waals surface area (Å²) in [5, 5.41) is 0. The van der Waals surface area contributed by atoms with Crippen LogP contribution >= 0.6 is 0 Å². The zero-order chi connectivity index (χ0) is 9.07. The number of hydrogen-bond acceptors (Lipinski definition) is 2. The van der Waals surface area contributed by atoms with Crippen molar-refractivity contribution in [2.24, 2.45) is 0 Å². The van der Waals surface area contributed by atoms with Crippen LogP contribution in [0.1, 0.15) is 20.8 Å². The lowest BCUT2D eigenvalue weighted by Crippen LogP contribution is -2.39. The Morgan fingerprint density at radius 2 is 1.82 bits per heavy atom. The predicted octanol–water partition coefficient (Wildman–Crippen LogP) is 0.988. The van der Waals surface area contributed by atoms with E-state index in [2.05, 4.69) is 5.48 Å². The minimum absolute atomic E-state index is 0.250. The SMILES string of the molecule is CN(C)C(=O)NOC(C)(C)C. The Bertz CT molecular complexity index is 138. The van der Waals surface area contributed by atoms with Crippen LogP contribution in [-0.4, -0.2) is 30.6 Å². The molecular formula is C7H16N2O2. The van der Waals surface area contributed by atoms with Crippen LogP contribution in [0.25, 0.3) is 0 Å². The van der Waals surface area contributed by atoms with E-state index in [0.29, 0.717) is 0 Å². The first kappa shape index (κ1) is 10.2. The highest BCUT2D eigenvalue weighted by Gasteiger charge is 2.12. The smallest absolute Gasteiger partial charge is 0.329 e. The Kier molecular flexibility index (Phi) is 3.32. The summed E-state index contributed by atoms with van der Waals surface area (Å²) >= 11 is 0. The number of rotatable bonds is 1. The molecule has 2 amide bonds. The maximum absolute atomic E-state index is 10.9. The van der Waals surface area contributed by atoms with E-state index in [1.807, 2.05) is 20.8 Å². The fourth-order valence-electron chi connectivity index (χ4n) is 0.288. The van der Waals surface area contributed by atoms with Crippen molar-refractivity contribution in [1.82, 2.24) is 10.4 Å². The summed E-state index contributed by atoms with van der Waals surface area (Å²) in [6.07, 6.45) is 0. The van der Waals surface area contributed by atoms with Crippen molar-refractivity contribution in [2.45, 2.75) is 26.4 Å². The van der Waals surface area contributed by atoms with Crippen molar-refractivity contribution >= 4 is 6.03 Å². The van der Waals surface area contributed by atoms with Gasteiger partial charge in [-0.3, -0.25) is 4.84 Å². The van der Waals surface area contributed by atoms with Gasteiger partial charge in [-0.1, -0.05) is 0 Å². The zero-order valence-corrected chi connectivity index (χ0v) is 7.76. The van der Waals surface area contributed by atoms with Crippen molar-refractivity contribution in [2.75, 3.05) is 14.1 Å². The number of hydrogen-bond donors (Lipinski definition) is 1. The van der Waals surface area contributed by atoms with Crippen LogP contribution in [0, 0.1) is 0 Å². The molecule has 0 rings (SSSR count). The van der Waals surface area contributed by atoms with E-state index < -0.39 is 0 Å². The normalized spacial score (nSPS) is 11.0. The molecule has 0 aliphatic heterocycles. The summed E-state index contributed by atoms with van der Waals surface area (Å²) in [6, 6.07) is -0.250. The molecule has 0 aromatic rings. The van der Waals surface area contributed by atoms with Crippen LogP contribution in [0.3, 0.4) is 0 Å². The number of carbonyl (C=O) groups is 1. The first-order valence-electron chi connectivity index (χ1n) is 3.48. The highest BCUT2D eigenvalue weighted by Crippen LogP contribution is 2.03. The average molecular weight is 160 g/mol. The molecule has 0 unspecified atom stereocenters. The van der Waals surface area contributed by atoms with Crippen molar-refractivity contribution in [3.8, 4) is 0 Å². The second-order valence-corrected chi connectivity index (χ2v) is 3.52. The van der Waals surface area contributed by atoms with E-state index in [4.69, 9.17) is 4.84 Å². The molecule has 0 radical (unpaired) electrons. The maximum Gasteiger partial charge on any atom is 0.340 e. The van der Waals surface area contributed by atoms with Crippen molar-refractivity contribution in [3.63, 3.8) is 0 Å². The zero-order valence-electron chi connectivity index (χ0n) is 7.76. The molecule has 0 bridgehead atoms. The van der Waals surface area contributed by atoms with Gasteiger partial charge in [0.05, 0.1) is 5.60 Å². The predicted molar refractivity (Wildman–Crippen MR) is 43.1 cm³/mol. The molecular weight excluding hydrogens is 144 g/mol. The number of urea groups is 1. The molecule has 0 heterocycles. The molecule has 4 nitrogen and oxygen atoms in total. The Morgan fingerprint density at radius 3 is 2.09 bits per heavy atom. The molecule has 66 valence electrons. The summed E-state index contributed by atoms with van der Waals surface area (Å²) in [7, 11) is 3.31. The van der Waals surface area contributed by atoms with Crippen LogP contribution in [0.4, 0.5) is 4.79 Å². The molecule has 0 spiro atoms. The second kappa shape index (κ2) is 3.57. The summed E-state index contributed by atoms with van der Waals surface area (Å²) in [5.41, 5.74) is 1.97. The van der Waals surface area contributed by atoms with Crippen LogP contribution in [0.5, 0.6) is 0 Å². The van der Waals surface area contributed by atoms with E-state index in [1.54, 1.807) is 14.1 Å². The van der Waals surface area contributed by atoms with Gasteiger partial charge in [0, 0.05) is 14.1 Å². The third kappa shape index (κ3) is 5.66. The Morgan fingerprint density at radius 1 is 1.36 bits per heavy atom. The van der Waals surface area contributed by atoms with E-state index in [0.717, 1.165) is 0 Å². The van der Waals surface area contributed by atoms with E-state index in [-0.39, 0.29) is 11.6 Å². The molecule has 0 saturated heterocycles. The second-order valence-electron chi connectivity index (χ2n) is 3.52. The highest BCUT2D eigenvalue weighted by atomic mass is 16.7. The van der Waals surface area contributed by atoms with Crippen molar-refractivity contribution < 1.29 is 9.63 Å². The third-order valence-corrected chi connectivity index (χ3v) is 0.851. The molecule has 0 fully saturated rings. The van der Waals surface area contributed by atoms with Gasteiger partial charge in [0.1, 0.15) is 0 Å². The van der Waals surface area contributed by atoms with Gasteiger partial charge in [-0.2, -0.15) is 0 Å². The molecule has 4 heteroatoms. The van der Waals surface area contributed by atoms with Crippen LogP contribution in [0.15, 0.2) is 0 Å². The van der Waals surface area contributed by atoms with Crippen LogP contribution < -0.4 is 5.48 Å². The number of nitrogens with zero attached hydrogens (tertiary/aromatic N) is 1. The molecule has 0 aromatic heterocycles. The lowest BCUT2D eigenvalue weighted by molar-refractivity contribution is -0.0566. The average Bonchev–Trinajstić information content (AvgIpc) is 1.80. The molecule has 0 aromatic carbocycles. The molecule has 0 atom stereocenters. The summed E-state index contributed by atoms with van der Waals surface area (Å²) in [5.74, 6) is 0. The largest absolute Gasteiger partial charge is 0.340 e. The lowest BCUT2D eigenvalue weighted by atomic mass is 10.2. The van der Waals surface area contributed by atoms with Crippen LogP contribution in [0.2, 0.25) is 0 Å². The van der Waals surface area contributed by atoms with E-state index in [1.165, 1.54) is 4.90 Å². The maximum atomic E-state index is 10.9. The first-order valence-corrected chi connectivity index (χ1v) is 3.48. The van der Waals surface area contributed by atoms with E-state index >= 15 is 0 Å². The Balaban J connectivity index is 3.64. The molecule has 1 N–H and O–H groups in total. The number of nitrogens with one attached hydrogen (secondary N) is 1. The third-order valence-electron chi connectivity index (χ3n) is 0.851. The lowest BCUT2D eigenvalue weighted by Gasteiger charge is -2.20. The monoisotopic (exact) mass is 160 g/mol. The van der Waals surface area contributed by atoms with Gasteiger partial charge in [0.2, 0.25) is 0 Å². The van der Waals surface area contributed by atoms with Gasteiger partial charge in [-0.05, 0) is 20.8 Å². The Labute approximate surface area is 67.5 Å². The van der Waals surface area contributed by atoms with Gasteiger partial charge < -0.3 is 4.90 Å². The van der Waals surface area contributed by atoms with E-state index in [9.17, 15) is 4.79 Å². The number of amides is 2. The van der Waals surface area contributed by atoms with Gasteiger partial charge in [0.15, 0.2) is 0 Å². The van der Waals surface area contributed by atoms with Gasteiger partial charge in [-0.15, -0.1) is 0 Å². The van der Waals surface area contributed by atoms with Crippen molar-refractivity contribution in [3.05, 3.63) is 0 Å². The summed E-state index contributed by atoms with van der Waals surface area (Å²) in [6.45, 7) is 5.59. The number of hydroxylamine groups is 1. The molecule has 0 saturated carbocycles. The van der Waals surface area contributed by atoms with Gasteiger partial charge >= 0.3 is 6.03 Å². The standard InChI is InChI=1S/C7H16N2O2/c1-7(2,3)11-8-6(10)9(4)5/h1-5H3,(H,8,10). The minimum Gasteiger partial charge on any atom is -0.329 e. The fraction of sp³-hybridized carbons (Fsp3) is 0.857. The molecule has 0 aliphatic rings. The summed E-state index contributed by atoms with van der Waals surface area (Å²) in [4.78, 5) is 17.3. The molecule has 0 aliphatic carbocycles. The Hall–Kier alpha value is -0.770. The summed E-state index contributed by atoms with van der Waals surface area (Å²) < 4.78 is 0. The van der Waals surface area contributed by atoms with Crippen LogP contribution in [-0.2, 0) is 4.84 Å². The van der Waals surface area contributed by atoms with Crippen molar-refractivity contribution in [1.29, 1.82) is 0 Å². The van der Waals surface area contributed by atoms with Gasteiger partial charge in [-0.25, -0.2) is 10.3 Å². The minimum atomic E-state index is -0.342.